The third-order valence-electron chi connectivity index (χ3n) is 4.32. The van der Waals surface area contributed by atoms with Gasteiger partial charge in [0.05, 0.1) is 10.9 Å². The van der Waals surface area contributed by atoms with Crippen LogP contribution in [0.4, 0.5) is 0 Å². The zero-order valence-electron chi connectivity index (χ0n) is 16.0. The summed E-state index contributed by atoms with van der Waals surface area (Å²) in [5, 5.41) is 7.91. The van der Waals surface area contributed by atoms with Crippen LogP contribution < -0.4 is 15.2 Å². The molecule has 0 bridgehead atoms. The molecular formula is C20H26N2O4S. The van der Waals surface area contributed by atoms with Crippen LogP contribution in [0.5, 0.6) is 5.75 Å². The van der Waals surface area contributed by atoms with Crippen LogP contribution in [0.3, 0.4) is 0 Å². The average Bonchev–Trinajstić information content (AvgIpc) is 2.59. The first-order valence-electron chi connectivity index (χ1n) is 8.73. The molecule has 6 nitrogen and oxygen atoms in total. The van der Waals surface area contributed by atoms with Gasteiger partial charge in [-0.05, 0) is 60.7 Å². The molecule has 0 aliphatic heterocycles. The molecule has 3 N–H and O–H groups in total. The van der Waals surface area contributed by atoms with Crippen LogP contribution in [-0.2, 0) is 14.8 Å². The molecule has 27 heavy (non-hydrogen) atoms. The topological polar surface area (TPSA) is 98.5 Å². The molecule has 0 saturated carbocycles. The van der Waals surface area contributed by atoms with Gasteiger partial charge in [0.25, 0.3) is 5.91 Å². The van der Waals surface area contributed by atoms with Crippen molar-refractivity contribution in [3.05, 3.63) is 59.2 Å². The fraction of sp³-hybridized carbons (Fsp3) is 0.350. The fourth-order valence-electron chi connectivity index (χ4n) is 2.85. The largest absolute Gasteiger partial charge is 0.484 e. The van der Waals surface area contributed by atoms with Gasteiger partial charge in [-0.2, -0.15) is 0 Å². The number of hydrogen-bond acceptors (Lipinski definition) is 4. The Morgan fingerprint density at radius 3 is 2.26 bits per heavy atom. The molecule has 1 amide bonds. The standard InChI is InChI=1S/C20H26N2O4S/c1-13(2)19-10-7-17(11-14(19)3)26-12-20(23)22-15(4)16-5-8-18(9-6-16)27(21,24)25/h5-11,13,15H,12H2,1-4H3,(H,22,23)(H2,21,24,25)/t15-/m1/s1. The molecule has 0 radical (unpaired) electrons. The van der Waals surface area contributed by atoms with Gasteiger partial charge in [0, 0.05) is 0 Å². The van der Waals surface area contributed by atoms with Gasteiger partial charge in [-0.3, -0.25) is 4.79 Å². The minimum Gasteiger partial charge on any atom is -0.484 e. The van der Waals surface area contributed by atoms with Crippen molar-refractivity contribution in [2.45, 2.75) is 44.6 Å². The van der Waals surface area contributed by atoms with Crippen LogP contribution in [0, 0.1) is 6.92 Å². The van der Waals surface area contributed by atoms with Crippen molar-refractivity contribution in [3.63, 3.8) is 0 Å². The minimum atomic E-state index is -3.73. The quantitative estimate of drug-likeness (QED) is 0.759. The van der Waals surface area contributed by atoms with Gasteiger partial charge in [-0.15, -0.1) is 0 Å². The molecule has 2 aromatic rings. The van der Waals surface area contributed by atoms with E-state index in [4.69, 9.17) is 9.88 Å². The summed E-state index contributed by atoms with van der Waals surface area (Å²) in [5.41, 5.74) is 3.16. The van der Waals surface area contributed by atoms with Crippen molar-refractivity contribution in [3.8, 4) is 5.75 Å². The molecule has 0 saturated heterocycles. The highest BCUT2D eigenvalue weighted by molar-refractivity contribution is 7.89. The number of primary sulfonamides is 1. The van der Waals surface area contributed by atoms with Gasteiger partial charge in [0.15, 0.2) is 6.61 Å². The highest BCUT2D eigenvalue weighted by Gasteiger charge is 2.13. The Morgan fingerprint density at radius 2 is 1.74 bits per heavy atom. The highest BCUT2D eigenvalue weighted by atomic mass is 32.2. The van der Waals surface area contributed by atoms with Gasteiger partial charge in [0.2, 0.25) is 10.0 Å². The SMILES string of the molecule is Cc1cc(OCC(=O)N[C@H](C)c2ccc(S(N)(=O)=O)cc2)ccc1C(C)C. The smallest absolute Gasteiger partial charge is 0.258 e. The molecule has 0 unspecified atom stereocenters. The number of rotatable bonds is 7. The maximum atomic E-state index is 12.1. The second-order valence-corrected chi connectivity index (χ2v) is 8.43. The number of ether oxygens (including phenoxy) is 1. The second-order valence-electron chi connectivity index (χ2n) is 6.87. The first-order valence-corrected chi connectivity index (χ1v) is 10.3. The van der Waals surface area contributed by atoms with Gasteiger partial charge in [-0.25, -0.2) is 13.6 Å². The van der Waals surface area contributed by atoms with Crippen molar-refractivity contribution in [2.24, 2.45) is 5.14 Å². The van der Waals surface area contributed by atoms with Crippen molar-refractivity contribution < 1.29 is 17.9 Å². The molecule has 0 aliphatic rings. The van der Waals surface area contributed by atoms with Crippen LogP contribution in [0.1, 0.15) is 49.4 Å². The zero-order chi connectivity index (χ0) is 20.2. The monoisotopic (exact) mass is 390 g/mol. The van der Waals surface area contributed by atoms with Crippen LogP contribution in [-0.4, -0.2) is 20.9 Å². The maximum Gasteiger partial charge on any atom is 0.258 e. The van der Waals surface area contributed by atoms with Crippen molar-refractivity contribution in [2.75, 3.05) is 6.61 Å². The molecule has 0 fully saturated rings. The highest BCUT2D eigenvalue weighted by Crippen LogP contribution is 2.23. The molecule has 0 aromatic heterocycles. The van der Waals surface area contributed by atoms with E-state index in [9.17, 15) is 13.2 Å². The molecule has 146 valence electrons. The summed E-state index contributed by atoms with van der Waals surface area (Å²) in [6.07, 6.45) is 0. The number of benzene rings is 2. The Balaban J connectivity index is 1.92. The van der Waals surface area contributed by atoms with E-state index < -0.39 is 10.0 Å². The van der Waals surface area contributed by atoms with E-state index in [1.54, 1.807) is 12.1 Å². The predicted octanol–water partition coefficient (Wildman–Crippen LogP) is 3.02. The number of carbonyl (C=O) groups excluding carboxylic acids is 1. The number of nitrogens with two attached hydrogens (primary N) is 1. The molecule has 0 aliphatic carbocycles. The average molecular weight is 391 g/mol. The number of carbonyl (C=O) groups is 1. The molecule has 0 spiro atoms. The first kappa shape index (κ1) is 20.9. The van der Waals surface area contributed by atoms with E-state index in [1.807, 2.05) is 32.0 Å². The molecular weight excluding hydrogens is 364 g/mol. The number of nitrogens with one attached hydrogen (secondary N) is 1. The summed E-state index contributed by atoms with van der Waals surface area (Å²) in [5.74, 6) is 0.824. The first-order chi connectivity index (χ1) is 12.6. The number of amides is 1. The Bertz CT molecular complexity index is 906. The molecule has 1 atom stereocenters. The maximum absolute atomic E-state index is 12.1. The number of aryl methyl sites for hydroxylation is 1. The molecule has 2 aromatic carbocycles. The minimum absolute atomic E-state index is 0.0355. The van der Waals surface area contributed by atoms with Crippen molar-refractivity contribution in [1.29, 1.82) is 0 Å². The fourth-order valence-corrected chi connectivity index (χ4v) is 3.36. The Morgan fingerprint density at radius 1 is 1.11 bits per heavy atom. The lowest BCUT2D eigenvalue weighted by Gasteiger charge is -2.16. The Kier molecular flexibility index (Phi) is 6.62. The third kappa shape index (κ3) is 5.80. The normalized spacial score (nSPS) is 12.7. The van der Waals surface area contributed by atoms with E-state index in [-0.39, 0.29) is 23.5 Å². The van der Waals surface area contributed by atoms with Crippen LogP contribution in [0.25, 0.3) is 0 Å². The third-order valence-corrected chi connectivity index (χ3v) is 5.25. The predicted molar refractivity (Wildman–Crippen MR) is 105 cm³/mol. The summed E-state index contributed by atoms with van der Waals surface area (Å²) in [6, 6.07) is 11.6. The van der Waals surface area contributed by atoms with Gasteiger partial charge in [0.1, 0.15) is 5.75 Å². The number of hydrogen-bond donors (Lipinski definition) is 2. The molecule has 7 heteroatoms. The van der Waals surface area contributed by atoms with E-state index in [2.05, 4.69) is 19.2 Å². The van der Waals surface area contributed by atoms with Crippen LogP contribution in [0.2, 0.25) is 0 Å². The van der Waals surface area contributed by atoms with Gasteiger partial charge >= 0.3 is 0 Å². The summed E-state index contributed by atoms with van der Waals surface area (Å²) in [4.78, 5) is 12.2. The van der Waals surface area contributed by atoms with E-state index in [0.29, 0.717) is 11.7 Å². The summed E-state index contributed by atoms with van der Waals surface area (Å²) in [7, 11) is -3.73. The second kappa shape index (κ2) is 8.54. The summed E-state index contributed by atoms with van der Waals surface area (Å²) in [6.45, 7) is 8.00. The Labute approximate surface area is 160 Å². The molecule has 0 heterocycles. The lowest BCUT2D eigenvalue weighted by Crippen LogP contribution is -2.31. The summed E-state index contributed by atoms with van der Waals surface area (Å²) >= 11 is 0. The van der Waals surface area contributed by atoms with Crippen molar-refractivity contribution >= 4 is 15.9 Å². The lowest BCUT2D eigenvalue weighted by atomic mass is 9.98. The van der Waals surface area contributed by atoms with E-state index in [1.165, 1.54) is 17.7 Å². The number of sulfonamides is 1. The van der Waals surface area contributed by atoms with Gasteiger partial charge in [-0.1, -0.05) is 32.0 Å². The zero-order valence-corrected chi connectivity index (χ0v) is 16.8. The van der Waals surface area contributed by atoms with Crippen LogP contribution in [0.15, 0.2) is 47.4 Å². The van der Waals surface area contributed by atoms with Crippen LogP contribution >= 0.6 is 0 Å². The van der Waals surface area contributed by atoms with E-state index >= 15 is 0 Å². The Hall–Kier alpha value is -2.38. The van der Waals surface area contributed by atoms with Gasteiger partial charge < -0.3 is 10.1 Å². The lowest BCUT2D eigenvalue weighted by molar-refractivity contribution is -0.123. The summed E-state index contributed by atoms with van der Waals surface area (Å²) < 4.78 is 28.1. The van der Waals surface area contributed by atoms with E-state index in [0.717, 1.165) is 11.1 Å². The molecule has 2 rings (SSSR count). The van der Waals surface area contributed by atoms with Crippen molar-refractivity contribution in [1.82, 2.24) is 5.32 Å².